The van der Waals surface area contributed by atoms with Crippen molar-refractivity contribution in [3.05, 3.63) is 31.6 Å². The van der Waals surface area contributed by atoms with E-state index in [-0.39, 0.29) is 23.8 Å². The van der Waals surface area contributed by atoms with Gasteiger partial charge >= 0.3 is 11.9 Å². The summed E-state index contributed by atoms with van der Waals surface area (Å²) in [6, 6.07) is 3.81. The Morgan fingerprint density at radius 3 is 1.56 bits per heavy atom. The molecule has 2 amide bonds. The van der Waals surface area contributed by atoms with Gasteiger partial charge in [0.05, 0.1) is 25.6 Å². The number of hydrogen-bond acceptors (Lipinski definition) is 10. The number of esters is 2. The summed E-state index contributed by atoms with van der Waals surface area (Å²) in [5.74, 6) is 0.146. The number of ether oxygens (including phenoxy) is 2. The van der Waals surface area contributed by atoms with Crippen molar-refractivity contribution in [1.29, 1.82) is 0 Å². The standard InChI is InChI=1S/C16H24N2O3S.C15H22N2O3S/c1-11-9-14(15(22-11)16(20)21-4)18(12(2)19)10-13-5-7-17(3)8-6-13;1-10-8-13(14(21-10)15(19)20-3)17(11(2)18)9-12-4-6-16-7-5-12/h9,13H,5-8,10H2,1-4H3;8,12,16H,4-7,9H2,1-3H3. The molecule has 12 heteroatoms. The molecule has 0 aliphatic carbocycles. The Labute approximate surface area is 263 Å². The van der Waals surface area contributed by atoms with Crippen LogP contribution < -0.4 is 15.1 Å². The van der Waals surface area contributed by atoms with Gasteiger partial charge < -0.3 is 29.5 Å². The second-order valence-corrected chi connectivity index (χ2v) is 13.8. The van der Waals surface area contributed by atoms with Crippen LogP contribution in [0.1, 0.15) is 68.6 Å². The fraction of sp³-hybridized carbons (Fsp3) is 0.613. The Bertz CT molecular complexity index is 1260. The van der Waals surface area contributed by atoms with E-state index in [1.807, 2.05) is 26.0 Å². The molecule has 2 aromatic heterocycles. The number of amides is 2. The van der Waals surface area contributed by atoms with Crippen LogP contribution in [0.15, 0.2) is 12.1 Å². The molecular weight excluding hydrogens is 588 g/mol. The summed E-state index contributed by atoms with van der Waals surface area (Å²) in [4.78, 5) is 56.9. The molecule has 2 saturated heterocycles. The molecule has 4 heterocycles. The number of piperidine rings is 2. The summed E-state index contributed by atoms with van der Waals surface area (Å²) in [5.41, 5.74) is 1.39. The van der Waals surface area contributed by atoms with E-state index in [9.17, 15) is 19.2 Å². The van der Waals surface area contributed by atoms with E-state index in [0.29, 0.717) is 46.1 Å². The molecule has 0 aromatic carbocycles. The van der Waals surface area contributed by atoms with Gasteiger partial charge in [0.2, 0.25) is 11.8 Å². The molecule has 0 atom stereocenters. The van der Waals surface area contributed by atoms with E-state index in [0.717, 1.165) is 61.6 Å². The largest absolute Gasteiger partial charge is 0.465 e. The van der Waals surface area contributed by atoms with Gasteiger partial charge in [-0.1, -0.05) is 0 Å². The van der Waals surface area contributed by atoms with E-state index in [1.54, 1.807) is 23.6 Å². The number of hydrogen-bond donors (Lipinski definition) is 1. The van der Waals surface area contributed by atoms with Crippen LogP contribution in [0.5, 0.6) is 0 Å². The molecule has 2 fully saturated rings. The van der Waals surface area contributed by atoms with Gasteiger partial charge in [-0.3, -0.25) is 9.59 Å². The second kappa shape index (κ2) is 16.3. The average molecular weight is 635 g/mol. The normalized spacial score (nSPS) is 16.2. The molecule has 2 aliphatic heterocycles. The van der Waals surface area contributed by atoms with Gasteiger partial charge in [0, 0.05) is 36.7 Å². The van der Waals surface area contributed by atoms with Crippen molar-refractivity contribution >= 4 is 57.8 Å². The van der Waals surface area contributed by atoms with Crippen molar-refractivity contribution in [3.63, 3.8) is 0 Å². The smallest absolute Gasteiger partial charge is 0.350 e. The number of thiophene rings is 2. The fourth-order valence-corrected chi connectivity index (χ4v) is 7.36. The molecular formula is C31H46N4O6S2. The minimum atomic E-state index is -0.375. The number of nitrogens with one attached hydrogen (secondary N) is 1. The van der Waals surface area contributed by atoms with Crippen molar-refractivity contribution in [2.75, 3.05) is 70.3 Å². The van der Waals surface area contributed by atoms with E-state index in [4.69, 9.17) is 9.47 Å². The average Bonchev–Trinajstić information content (AvgIpc) is 3.57. The molecule has 2 aliphatic rings. The van der Waals surface area contributed by atoms with Crippen LogP contribution in [-0.2, 0) is 19.1 Å². The molecule has 0 radical (unpaired) electrons. The van der Waals surface area contributed by atoms with Crippen molar-refractivity contribution < 1.29 is 28.7 Å². The third-order valence-electron chi connectivity index (χ3n) is 7.93. The lowest BCUT2D eigenvalue weighted by atomic mass is 9.96. The Hall–Kier alpha value is -2.80. The van der Waals surface area contributed by atoms with Crippen molar-refractivity contribution in [3.8, 4) is 0 Å². The van der Waals surface area contributed by atoms with Crippen LogP contribution in [0, 0.1) is 25.7 Å². The van der Waals surface area contributed by atoms with Crippen LogP contribution in [0.25, 0.3) is 0 Å². The van der Waals surface area contributed by atoms with Gasteiger partial charge in [-0.25, -0.2) is 9.59 Å². The number of likely N-dealkylation sites (tertiary alicyclic amines) is 1. The van der Waals surface area contributed by atoms with Gasteiger partial charge in [-0.05, 0) is 96.7 Å². The topological polar surface area (TPSA) is 108 Å². The number of carbonyl (C=O) groups excluding carboxylic acids is 4. The van der Waals surface area contributed by atoms with Gasteiger partial charge in [-0.2, -0.15) is 0 Å². The third-order valence-corrected chi connectivity index (χ3v) is 9.97. The summed E-state index contributed by atoms with van der Waals surface area (Å²) < 4.78 is 9.68. The summed E-state index contributed by atoms with van der Waals surface area (Å²) in [5, 5.41) is 3.32. The number of nitrogens with zero attached hydrogens (tertiary/aromatic N) is 3. The summed E-state index contributed by atoms with van der Waals surface area (Å²) in [6.45, 7) is 12.4. The maximum Gasteiger partial charge on any atom is 0.350 e. The maximum absolute atomic E-state index is 12.1. The lowest BCUT2D eigenvalue weighted by molar-refractivity contribution is -0.117. The fourth-order valence-electron chi connectivity index (χ4n) is 5.50. The van der Waals surface area contributed by atoms with E-state index < -0.39 is 0 Å². The Kier molecular flexibility index (Phi) is 13.2. The predicted molar refractivity (Wildman–Crippen MR) is 173 cm³/mol. The summed E-state index contributed by atoms with van der Waals surface area (Å²) in [7, 11) is 4.86. The van der Waals surface area contributed by atoms with Gasteiger partial charge in [-0.15, -0.1) is 22.7 Å². The highest BCUT2D eigenvalue weighted by Crippen LogP contribution is 2.33. The van der Waals surface area contributed by atoms with Crippen LogP contribution in [0.2, 0.25) is 0 Å². The van der Waals surface area contributed by atoms with Crippen molar-refractivity contribution in [1.82, 2.24) is 10.2 Å². The summed E-state index contributed by atoms with van der Waals surface area (Å²) >= 11 is 2.75. The van der Waals surface area contributed by atoms with Crippen LogP contribution in [-0.4, -0.2) is 89.2 Å². The SMILES string of the molecule is COC(=O)c1sc(C)cc1N(CC1CCN(C)CC1)C(C)=O.COC(=O)c1sc(C)cc1N(CC1CCNCC1)C(C)=O. The highest BCUT2D eigenvalue weighted by atomic mass is 32.1. The number of carbonyl (C=O) groups is 4. The van der Waals surface area contributed by atoms with Gasteiger partial charge in [0.1, 0.15) is 9.75 Å². The minimum Gasteiger partial charge on any atom is -0.465 e. The number of rotatable bonds is 8. The van der Waals surface area contributed by atoms with Crippen LogP contribution in [0.3, 0.4) is 0 Å². The van der Waals surface area contributed by atoms with Gasteiger partial charge in [0.25, 0.3) is 0 Å². The van der Waals surface area contributed by atoms with E-state index in [1.165, 1.54) is 36.9 Å². The zero-order chi connectivity index (χ0) is 31.7. The Morgan fingerprint density at radius 2 is 1.19 bits per heavy atom. The zero-order valence-electron chi connectivity index (χ0n) is 26.5. The first-order valence-corrected chi connectivity index (χ1v) is 16.4. The maximum atomic E-state index is 12.1. The molecule has 0 saturated carbocycles. The van der Waals surface area contributed by atoms with Crippen molar-refractivity contribution in [2.24, 2.45) is 11.8 Å². The van der Waals surface area contributed by atoms with E-state index in [2.05, 4.69) is 17.3 Å². The monoisotopic (exact) mass is 634 g/mol. The molecule has 238 valence electrons. The highest BCUT2D eigenvalue weighted by molar-refractivity contribution is 7.14. The Morgan fingerprint density at radius 1 is 0.791 bits per heavy atom. The first-order chi connectivity index (χ1) is 20.4. The first kappa shape index (κ1) is 34.7. The summed E-state index contributed by atoms with van der Waals surface area (Å²) in [6.07, 6.45) is 4.27. The molecule has 43 heavy (non-hydrogen) atoms. The molecule has 2 aromatic rings. The highest BCUT2D eigenvalue weighted by Gasteiger charge is 2.28. The first-order valence-electron chi connectivity index (χ1n) is 14.8. The minimum absolute atomic E-state index is 0.0260. The molecule has 0 spiro atoms. The van der Waals surface area contributed by atoms with Crippen LogP contribution >= 0.6 is 22.7 Å². The lowest BCUT2D eigenvalue weighted by Gasteiger charge is -2.32. The lowest BCUT2D eigenvalue weighted by Crippen LogP contribution is -2.39. The number of aryl methyl sites for hydroxylation is 2. The van der Waals surface area contributed by atoms with E-state index >= 15 is 0 Å². The molecule has 10 nitrogen and oxygen atoms in total. The molecule has 4 rings (SSSR count). The number of anilines is 2. The predicted octanol–water partition coefficient (Wildman–Crippen LogP) is 4.73. The molecule has 0 bridgehead atoms. The second-order valence-electron chi connectivity index (χ2n) is 11.3. The molecule has 1 N–H and O–H groups in total. The van der Waals surface area contributed by atoms with Gasteiger partial charge in [0.15, 0.2) is 0 Å². The quantitative estimate of drug-likeness (QED) is 0.416. The number of methoxy groups -OCH3 is 2. The molecule has 0 unspecified atom stereocenters. The zero-order valence-corrected chi connectivity index (χ0v) is 28.1. The van der Waals surface area contributed by atoms with Crippen LogP contribution in [0.4, 0.5) is 11.4 Å². The Balaban J connectivity index is 0.000000236. The van der Waals surface area contributed by atoms with Crippen molar-refractivity contribution in [2.45, 2.75) is 53.4 Å². The third kappa shape index (κ3) is 9.59.